The van der Waals surface area contributed by atoms with E-state index in [0.717, 1.165) is 61.2 Å². The van der Waals surface area contributed by atoms with E-state index in [-0.39, 0.29) is 10.8 Å². The van der Waals surface area contributed by atoms with Crippen LogP contribution in [0.15, 0.2) is 164 Å². The van der Waals surface area contributed by atoms with Crippen LogP contribution in [0.25, 0.3) is 11.1 Å². The molecule has 0 aromatic heterocycles. The zero-order chi connectivity index (χ0) is 35.4. The number of benzene rings is 7. The van der Waals surface area contributed by atoms with Crippen molar-refractivity contribution in [3.8, 4) is 11.1 Å². The molecule has 10 rings (SSSR count). The zero-order valence-electron chi connectivity index (χ0n) is 29.8. The quantitative estimate of drug-likeness (QED) is 0.172. The first-order valence-corrected chi connectivity index (χ1v) is 19.8. The Hall–Kier alpha value is -5.63. The largest absolute Gasteiger partial charge is 0.310 e. The van der Waals surface area contributed by atoms with Gasteiger partial charge in [-0.05, 0) is 81.9 Å². The van der Waals surface area contributed by atoms with Gasteiger partial charge < -0.3 is 14.4 Å². The SMILES string of the molecule is CC1(C)c2ccccc2N(c2ccc3c(c2)P(=O)(c2ccccc2)c2cc(N4c5ccccc5C(C)(C)c5ccccc54)ccc2-3)c2ccccc21. The van der Waals surface area contributed by atoms with E-state index in [1.165, 1.54) is 22.3 Å². The monoisotopic (exact) mass is 690 g/mol. The van der Waals surface area contributed by atoms with Crippen LogP contribution in [0.3, 0.4) is 0 Å². The van der Waals surface area contributed by atoms with Gasteiger partial charge in [0, 0.05) is 38.1 Å². The van der Waals surface area contributed by atoms with Gasteiger partial charge in [-0.3, -0.25) is 0 Å². The van der Waals surface area contributed by atoms with E-state index < -0.39 is 7.14 Å². The second kappa shape index (κ2) is 10.9. The number of rotatable bonds is 3. The summed E-state index contributed by atoms with van der Waals surface area (Å²) in [5, 5.41) is 2.64. The molecular formula is C48H39N2OP. The molecular weight excluding hydrogens is 652 g/mol. The third-order valence-electron chi connectivity index (χ3n) is 11.8. The highest BCUT2D eigenvalue weighted by atomic mass is 31.2. The van der Waals surface area contributed by atoms with Gasteiger partial charge in [0.25, 0.3) is 0 Å². The van der Waals surface area contributed by atoms with Gasteiger partial charge in [-0.15, -0.1) is 0 Å². The smallest absolute Gasteiger partial charge is 0.172 e. The Balaban J connectivity index is 1.19. The van der Waals surface area contributed by atoms with Crippen molar-refractivity contribution in [2.75, 3.05) is 9.80 Å². The van der Waals surface area contributed by atoms with Gasteiger partial charge in [-0.25, -0.2) is 0 Å². The molecule has 0 unspecified atom stereocenters. The topological polar surface area (TPSA) is 23.6 Å². The molecule has 0 saturated heterocycles. The summed E-state index contributed by atoms with van der Waals surface area (Å²) in [7, 11) is -3.30. The van der Waals surface area contributed by atoms with Gasteiger partial charge in [-0.1, -0.05) is 143 Å². The van der Waals surface area contributed by atoms with E-state index in [2.05, 4.69) is 171 Å². The fraction of sp³-hybridized carbons (Fsp3) is 0.125. The van der Waals surface area contributed by atoms with Crippen LogP contribution in [-0.2, 0) is 15.4 Å². The van der Waals surface area contributed by atoms with Crippen LogP contribution < -0.4 is 25.7 Å². The lowest BCUT2D eigenvalue weighted by Gasteiger charge is -2.42. The molecule has 3 aliphatic heterocycles. The summed E-state index contributed by atoms with van der Waals surface area (Å²) >= 11 is 0. The molecule has 3 aliphatic rings. The first-order valence-electron chi connectivity index (χ1n) is 18.1. The molecule has 0 amide bonds. The Kier molecular flexibility index (Phi) is 6.55. The van der Waals surface area contributed by atoms with Crippen LogP contribution in [0.4, 0.5) is 34.1 Å². The minimum atomic E-state index is -3.30. The van der Waals surface area contributed by atoms with Crippen molar-refractivity contribution < 1.29 is 4.57 Å². The Morgan fingerprint density at radius 2 is 0.731 bits per heavy atom. The highest BCUT2D eigenvalue weighted by Gasteiger charge is 2.43. The Morgan fingerprint density at radius 1 is 0.404 bits per heavy atom. The van der Waals surface area contributed by atoms with E-state index in [4.69, 9.17) is 0 Å². The summed E-state index contributed by atoms with van der Waals surface area (Å²) in [6.07, 6.45) is 0. The molecule has 0 fully saturated rings. The van der Waals surface area contributed by atoms with E-state index >= 15 is 4.57 Å². The van der Waals surface area contributed by atoms with Crippen molar-refractivity contribution in [3.63, 3.8) is 0 Å². The summed E-state index contributed by atoms with van der Waals surface area (Å²) < 4.78 is 16.3. The van der Waals surface area contributed by atoms with Gasteiger partial charge in [0.1, 0.15) is 0 Å². The second-order valence-corrected chi connectivity index (χ2v) is 18.0. The maximum Gasteiger partial charge on any atom is 0.172 e. The van der Waals surface area contributed by atoms with Crippen molar-refractivity contribution in [1.29, 1.82) is 0 Å². The highest BCUT2D eigenvalue weighted by Crippen LogP contribution is 2.57. The molecule has 0 aliphatic carbocycles. The Labute approximate surface area is 306 Å². The molecule has 0 saturated carbocycles. The molecule has 3 nitrogen and oxygen atoms in total. The fourth-order valence-corrected chi connectivity index (χ4v) is 12.3. The van der Waals surface area contributed by atoms with Gasteiger partial charge in [0.15, 0.2) is 7.14 Å². The summed E-state index contributed by atoms with van der Waals surface area (Å²) in [4.78, 5) is 4.73. The predicted molar refractivity (Wildman–Crippen MR) is 218 cm³/mol. The number of fused-ring (bicyclic) bond motifs is 7. The molecule has 52 heavy (non-hydrogen) atoms. The van der Waals surface area contributed by atoms with Gasteiger partial charge in [-0.2, -0.15) is 0 Å². The van der Waals surface area contributed by atoms with E-state index in [1.807, 2.05) is 30.3 Å². The number of nitrogens with zero attached hydrogens (tertiary/aromatic N) is 2. The standard InChI is InChI=1S/C48H39N2OP/c1-47(2)37-18-8-12-22-41(37)49(42-23-13-9-19-38(42)47)32-26-28-35-36-29-27-33(31-46(36)52(51,45(35)30-32)34-16-6-5-7-17-34)50-43-24-14-10-20-39(43)48(3,4)40-21-11-15-25-44(40)50/h5-31H,1-4H3. The molecule has 0 N–H and O–H groups in total. The molecule has 0 bridgehead atoms. The molecule has 3 heterocycles. The van der Waals surface area contributed by atoms with Crippen LogP contribution in [-0.4, -0.2) is 0 Å². The first-order chi connectivity index (χ1) is 25.2. The molecule has 0 radical (unpaired) electrons. The second-order valence-electron chi connectivity index (χ2n) is 15.3. The normalized spacial score (nSPS) is 16.5. The summed E-state index contributed by atoms with van der Waals surface area (Å²) in [5.74, 6) is 0. The van der Waals surface area contributed by atoms with Gasteiger partial charge >= 0.3 is 0 Å². The predicted octanol–water partition coefficient (Wildman–Crippen LogP) is 11.5. The molecule has 252 valence electrons. The molecule has 0 atom stereocenters. The lowest BCUT2D eigenvalue weighted by Crippen LogP contribution is -2.31. The molecule has 7 aromatic carbocycles. The molecule has 7 aromatic rings. The summed E-state index contributed by atoms with van der Waals surface area (Å²) in [6.45, 7) is 9.23. The minimum Gasteiger partial charge on any atom is -0.310 e. The number of hydrogen-bond donors (Lipinski definition) is 0. The van der Waals surface area contributed by atoms with Crippen LogP contribution >= 0.6 is 7.14 Å². The lowest BCUT2D eigenvalue weighted by atomic mass is 9.73. The van der Waals surface area contributed by atoms with E-state index in [9.17, 15) is 0 Å². The third kappa shape index (κ3) is 4.12. The first kappa shape index (κ1) is 31.1. The van der Waals surface area contributed by atoms with Crippen molar-refractivity contribution in [1.82, 2.24) is 0 Å². The highest BCUT2D eigenvalue weighted by molar-refractivity contribution is 7.86. The average Bonchev–Trinajstić information content (AvgIpc) is 3.43. The molecule has 4 heteroatoms. The maximum atomic E-state index is 16.3. The fourth-order valence-electron chi connectivity index (χ4n) is 9.24. The Morgan fingerprint density at radius 3 is 1.10 bits per heavy atom. The van der Waals surface area contributed by atoms with Crippen molar-refractivity contribution >= 4 is 57.2 Å². The maximum absolute atomic E-state index is 16.3. The van der Waals surface area contributed by atoms with Crippen LogP contribution in [0.1, 0.15) is 49.9 Å². The van der Waals surface area contributed by atoms with Crippen molar-refractivity contribution in [3.05, 3.63) is 186 Å². The van der Waals surface area contributed by atoms with Crippen LogP contribution in [0, 0.1) is 0 Å². The van der Waals surface area contributed by atoms with Gasteiger partial charge in [0.2, 0.25) is 0 Å². The van der Waals surface area contributed by atoms with E-state index in [1.54, 1.807) is 0 Å². The summed E-state index contributed by atoms with van der Waals surface area (Å²) in [5.41, 5.74) is 13.5. The average molecular weight is 691 g/mol. The van der Waals surface area contributed by atoms with Crippen LogP contribution in [0.5, 0.6) is 0 Å². The zero-order valence-corrected chi connectivity index (χ0v) is 30.7. The third-order valence-corrected chi connectivity index (χ3v) is 15.0. The number of anilines is 6. The minimum absolute atomic E-state index is 0.159. The van der Waals surface area contributed by atoms with Crippen molar-refractivity contribution in [2.24, 2.45) is 0 Å². The Bertz CT molecular complexity index is 2380. The van der Waals surface area contributed by atoms with Crippen LogP contribution in [0.2, 0.25) is 0 Å². The van der Waals surface area contributed by atoms with Gasteiger partial charge in [0.05, 0.1) is 22.7 Å². The number of para-hydroxylation sites is 4. The summed E-state index contributed by atoms with van der Waals surface area (Å²) in [6, 6.07) is 58.2. The number of hydrogen-bond acceptors (Lipinski definition) is 3. The van der Waals surface area contributed by atoms with E-state index in [0.29, 0.717) is 0 Å². The van der Waals surface area contributed by atoms with Crippen molar-refractivity contribution in [2.45, 2.75) is 38.5 Å². The lowest BCUT2D eigenvalue weighted by molar-refractivity contribution is 0.593. The molecule has 0 spiro atoms.